The van der Waals surface area contributed by atoms with Crippen LogP contribution in [0.4, 0.5) is 5.69 Å². The average molecular weight is 160 g/mol. The zero-order valence-electron chi connectivity index (χ0n) is 7.33. The summed E-state index contributed by atoms with van der Waals surface area (Å²) < 4.78 is 2.12. The highest BCUT2D eigenvalue weighted by atomic mass is 14.9. The molecule has 2 nitrogen and oxygen atoms in total. The molecule has 0 unspecified atom stereocenters. The lowest BCUT2D eigenvalue weighted by Gasteiger charge is -2.01. The lowest BCUT2D eigenvalue weighted by molar-refractivity contribution is 0.969. The molecular weight excluding hydrogens is 148 g/mol. The van der Waals surface area contributed by atoms with Gasteiger partial charge < -0.3 is 9.88 Å². The van der Waals surface area contributed by atoms with E-state index in [1.165, 1.54) is 16.6 Å². The van der Waals surface area contributed by atoms with Gasteiger partial charge in [-0.15, -0.1) is 0 Å². The van der Waals surface area contributed by atoms with Crippen LogP contribution in [0.2, 0.25) is 0 Å². The standard InChI is InChI=1S/C10H12N2/c1-11-9-4-3-5-10-8(9)6-7-12(10)2/h3-7,11H,1-2H3. The van der Waals surface area contributed by atoms with Gasteiger partial charge >= 0.3 is 0 Å². The monoisotopic (exact) mass is 160 g/mol. The fourth-order valence-electron chi connectivity index (χ4n) is 1.52. The Morgan fingerprint density at radius 1 is 1.25 bits per heavy atom. The first-order valence-electron chi connectivity index (χ1n) is 4.05. The largest absolute Gasteiger partial charge is 0.388 e. The fourth-order valence-corrected chi connectivity index (χ4v) is 1.52. The van der Waals surface area contributed by atoms with Gasteiger partial charge in [-0.3, -0.25) is 0 Å². The Morgan fingerprint density at radius 2 is 2.08 bits per heavy atom. The summed E-state index contributed by atoms with van der Waals surface area (Å²) in [6, 6.07) is 8.40. The highest BCUT2D eigenvalue weighted by Gasteiger charge is 2.00. The van der Waals surface area contributed by atoms with Gasteiger partial charge in [-0.1, -0.05) is 6.07 Å². The Bertz CT molecular complexity index is 401. The number of hydrogen-bond acceptors (Lipinski definition) is 1. The first-order valence-corrected chi connectivity index (χ1v) is 4.05. The van der Waals surface area contributed by atoms with Crippen molar-refractivity contribution < 1.29 is 0 Å². The Balaban J connectivity index is 2.81. The molecule has 1 aromatic heterocycles. The Morgan fingerprint density at radius 3 is 2.83 bits per heavy atom. The number of rotatable bonds is 1. The molecule has 0 bridgehead atoms. The molecule has 0 fully saturated rings. The van der Waals surface area contributed by atoms with E-state index in [1.54, 1.807) is 0 Å². The van der Waals surface area contributed by atoms with Gasteiger partial charge in [0.05, 0.1) is 0 Å². The average Bonchev–Trinajstić information content (AvgIpc) is 2.48. The third-order valence-corrected chi connectivity index (χ3v) is 2.20. The van der Waals surface area contributed by atoms with Crippen molar-refractivity contribution in [1.82, 2.24) is 4.57 Å². The molecule has 1 heterocycles. The van der Waals surface area contributed by atoms with Gasteiger partial charge in [0, 0.05) is 36.9 Å². The fraction of sp³-hybridized carbons (Fsp3) is 0.200. The van der Waals surface area contributed by atoms with Crippen LogP contribution < -0.4 is 5.32 Å². The second-order valence-electron chi connectivity index (χ2n) is 2.92. The third kappa shape index (κ3) is 0.881. The molecule has 0 aliphatic rings. The van der Waals surface area contributed by atoms with Crippen molar-refractivity contribution in [3.8, 4) is 0 Å². The summed E-state index contributed by atoms with van der Waals surface area (Å²) in [6.45, 7) is 0. The number of aromatic nitrogens is 1. The molecule has 1 aromatic carbocycles. The molecule has 0 saturated heterocycles. The topological polar surface area (TPSA) is 17.0 Å². The van der Waals surface area contributed by atoms with Crippen molar-refractivity contribution in [1.29, 1.82) is 0 Å². The SMILES string of the molecule is CNc1cccc2c1ccn2C. The highest BCUT2D eigenvalue weighted by Crippen LogP contribution is 2.22. The Hall–Kier alpha value is -1.44. The zero-order chi connectivity index (χ0) is 8.55. The molecule has 0 aliphatic heterocycles. The summed E-state index contributed by atoms with van der Waals surface area (Å²) in [5.41, 5.74) is 2.45. The number of fused-ring (bicyclic) bond motifs is 1. The van der Waals surface area contributed by atoms with Crippen LogP contribution in [0.5, 0.6) is 0 Å². The summed E-state index contributed by atoms with van der Waals surface area (Å²) in [4.78, 5) is 0. The Labute approximate surface area is 71.8 Å². The summed E-state index contributed by atoms with van der Waals surface area (Å²) in [5, 5.41) is 4.45. The van der Waals surface area contributed by atoms with Gasteiger partial charge in [-0.05, 0) is 18.2 Å². The summed E-state index contributed by atoms with van der Waals surface area (Å²) in [7, 11) is 4.00. The molecule has 0 atom stereocenters. The first-order chi connectivity index (χ1) is 5.83. The van der Waals surface area contributed by atoms with Gasteiger partial charge in [0.15, 0.2) is 0 Å². The lowest BCUT2D eigenvalue weighted by Crippen LogP contribution is -1.89. The van der Waals surface area contributed by atoms with E-state index in [2.05, 4.69) is 47.4 Å². The number of aryl methyl sites for hydroxylation is 1. The molecular formula is C10H12N2. The second kappa shape index (κ2) is 2.55. The number of nitrogens with zero attached hydrogens (tertiary/aromatic N) is 1. The van der Waals surface area contributed by atoms with Crippen LogP contribution in [0.25, 0.3) is 10.9 Å². The predicted octanol–water partition coefficient (Wildman–Crippen LogP) is 2.22. The summed E-state index contributed by atoms with van der Waals surface area (Å²) in [5.74, 6) is 0. The van der Waals surface area contributed by atoms with E-state index in [0.29, 0.717) is 0 Å². The van der Waals surface area contributed by atoms with Crippen molar-refractivity contribution in [2.75, 3.05) is 12.4 Å². The van der Waals surface area contributed by atoms with Crippen LogP contribution in [-0.2, 0) is 7.05 Å². The lowest BCUT2D eigenvalue weighted by atomic mass is 10.2. The Kier molecular flexibility index (Phi) is 1.54. The molecule has 2 heteroatoms. The number of anilines is 1. The van der Waals surface area contributed by atoms with Crippen LogP contribution in [0, 0.1) is 0 Å². The minimum absolute atomic E-state index is 1.19. The maximum Gasteiger partial charge on any atom is 0.0498 e. The van der Waals surface area contributed by atoms with Gasteiger partial charge in [0.25, 0.3) is 0 Å². The normalized spacial score (nSPS) is 10.5. The molecule has 2 rings (SSSR count). The maximum atomic E-state index is 3.17. The van der Waals surface area contributed by atoms with Crippen LogP contribution in [0.1, 0.15) is 0 Å². The van der Waals surface area contributed by atoms with Crippen LogP contribution >= 0.6 is 0 Å². The van der Waals surface area contributed by atoms with E-state index < -0.39 is 0 Å². The van der Waals surface area contributed by atoms with Gasteiger partial charge in [-0.25, -0.2) is 0 Å². The molecule has 12 heavy (non-hydrogen) atoms. The minimum Gasteiger partial charge on any atom is -0.388 e. The van der Waals surface area contributed by atoms with E-state index in [4.69, 9.17) is 0 Å². The zero-order valence-corrected chi connectivity index (χ0v) is 7.33. The predicted molar refractivity (Wildman–Crippen MR) is 52.5 cm³/mol. The van der Waals surface area contributed by atoms with Crippen molar-refractivity contribution in [2.24, 2.45) is 7.05 Å². The molecule has 0 amide bonds. The highest BCUT2D eigenvalue weighted by molar-refractivity contribution is 5.92. The molecule has 0 spiro atoms. The van der Waals surface area contributed by atoms with Crippen molar-refractivity contribution in [3.63, 3.8) is 0 Å². The summed E-state index contributed by atoms with van der Waals surface area (Å²) >= 11 is 0. The molecule has 1 N–H and O–H groups in total. The van der Waals surface area contributed by atoms with E-state index >= 15 is 0 Å². The number of benzene rings is 1. The maximum absolute atomic E-state index is 3.17. The minimum atomic E-state index is 1.19. The van der Waals surface area contributed by atoms with E-state index in [1.807, 2.05) is 7.05 Å². The molecule has 0 aliphatic carbocycles. The van der Waals surface area contributed by atoms with Crippen LogP contribution in [0.15, 0.2) is 30.5 Å². The van der Waals surface area contributed by atoms with E-state index in [0.717, 1.165) is 0 Å². The first kappa shape index (κ1) is 7.22. The molecule has 0 radical (unpaired) electrons. The quantitative estimate of drug-likeness (QED) is 0.676. The van der Waals surface area contributed by atoms with Crippen molar-refractivity contribution >= 4 is 16.6 Å². The molecule has 62 valence electrons. The van der Waals surface area contributed by atoms with E-state index in [9.17, 15) is 0 Å². The van der Waals surface area contributed by atoms with Crippen molar-refractivity contribution in [3.05, 3.63) is 30.5 Å². The van der Waals surface area contributed by atoms with E-state index in [-0.39, 0.29) is 0 Å². The second-order valence-corrected chi connectivity index (χ2v) is 2.92. The van der Waals surface area contributed by atoms with Crippen molar-refractivity contribution in [2.45, 2.75) is 0 Å². The van der Waals surface area contributed by atoms with Crippen LogP contribution in [0.3, 0.4) is 0 Å². The third-order valence-electron chi connectivity index (χ3n) is 2.20. The smallest absolute Gasteiger partial charge is 0.0498 e. The number of hydrogen-bond donors (Lipinski definition) is 1. The van der Waals surface area contributed by atoms with Gasteiger partial charge in [-0.2, -0.15) is 0 Å². The van der Waals surface area contributed by atoms with Gasteiger partial charge in [0.2, 0.25) is 0 Å². The molecule has 2 aromatic rings. The number of nitrogens with one attached hydrogen (secondary N) is 1. The van der Waals surface area contributed by atoms with Crippen LogP contribution in [-0.4, -0.2) is 11.6 Å². The molecule has 0 saturated carbocycles. The summed E-state index contributed by atoms with van der Waals surface area (Å²) in [6.07, 6.45) is 2.07. The van der Waals surface area contributed by atoms with Gasteiger partial charge in [0.1, 0.15) is 0 Å².